The number of halogens is 1. The van der Waals surface area contributed by atoms with Crippen molar-refractivity contribution in [1.29, 1.82) is 0 Å². The Bertz CT molecular complexity index is 856. The number of aliphatic hydroxyl groups is 1. The number of ketones is 1. The highest BCUT2D eigenvalue weighted by Gasteiger charge is 2.43. The van der Waals surface area contributed by atoms with Crippen molar-refractivity contribution >= 4 is 17.4 Å². The first kappa shape index (κ1) is 16.7. The molecular formula is C19H16FNO4. The van der Waals surface area contributed by atoms with Gasteiger partial charge in [0.25, 0.3) is 5.91 Å². The SMILES string of the molecule is COc1ccc(N2C(=O)C(O)=C(C(C)=O)C2c2ccc(F)cc2)cc1. The van der Waals surface area contributed by atoms with Crippen LogP contribution in [0.25, 0.3) is 0 Å². The van der Waals surface area contributed by atoms with Crippen molar-refractivity contribution in [2.45, 2.75) is 13.0 Å². The zero-order valence-electron chi connectivity index (χ0n) is 13.7. The van der Waals surface area contributed by atoms with Crippen LogP contribution in [0.4, 0.5) is 10.1 Å². The van der Waals surface area contributed by atoms with E-state index in [1.165, 1.54) is 43.2 Å². The van der Waals surface area contributed by atoms with Gasteiger partial charge in [-0.15, -0.1) is 0 Å². The number of hydrogen-bond acceptors (Lipinski definition) is 4. The first-order valence-corrected chi connectivity index (χ1v) is 7.61. The number of aliphatic hydroxyl groups excluding tert-OH is 1. The van der Waals surface area contributed by atoms with E-state index in [0.717, 1.165) is 0 Å². The fourth-order valence-electron chi connectivity index (χ4n) is 2.93. The molecule has 2 aromatic rings. The monoisotopic (exact) mass is 341 g/mol. The number of methoxy groups -OCH3 is 1. The lowest BCUT2D eigenvalue weighted by Crippen LogP contribution is -2.30. The number of carbonyl (C=O) groups excluding carboxylic acids is 2. The van der Waals surface area contributed by atoms with Crippen molar-refractivity contribution in [1.82, 2.24) is 0 Å². The molecule has 0 bridgehead atoms. The fourth-order valence-corrected chi connectivity index (χ4v) is 2.93. The van der Waals surface area contributed by atoms with Gasteiger partial charge in [0.05, 0.1) is 18.7 Å². The highest BCUT2D eigenvalue weighted by atomic mass is 19.1. The minimum atomic E-state index is -0.820. The predicted octanol–water partition coefficient (Wildman–Crippen LogP) is 3.32. The van der Waals surface area contributed by atoms with Crippen LogP contribution in [0.2, 0.25) is 0 Å². The summed E-state index contributed by atoms with van der Waals surface area (Å²) < 4.78 is 18.4. The van der Waals surface area contributed by atoms with Crippen molar-refractivity contribution in [3.8, 4) is 5.75 Å². The summed E-state index contributed by atoms with van der Waals surface area (Å²) in [6.07, 6.45) is 0. The summed E-state index contributed by atoms with van der Waals surface area (Å²) in [5.74, 6) is -1.50. The Morgan fingerprint density at radius 3 is 2.24 bits per heavy atom. The second kappa shape index (κ2) is 6.39. The number of Topliss-reactive ketones (excluding diaryl/α,β-unsaturated/α-hetero) is 1. The Morgan fingerprint density at radius 2 is 1.72 bits per heavy atom. The van der Waals surface area contributed by atoms with Crippen molar-refractivity contribution in [2.75, 3.05) is 12.0 Å². The molecule has 1 unspecified atom stereocenters. The van der Waals surface area contributed by atoms with E-state index in [1.807, 2.05) is 0 Å². The largest absolute Gasteiger partial charge is 0.503 e. The molecule has 0 saturated carbocycles. The van der Waals surface area contributed by atoms with Crippen LogP contribution in [0.5, 0.6) is 5.75 Å². The summed E-state index contributed by atoms with van der Waals surface area (Å²) in [7, 11) is 1.53. The summed E-state index contributed by atoms with van der Waals surface area (Å²) in [4.78, 5) is 25.9. The molecule has 2 aromatic carbocycles. The van der Waals surface area contributed by atoms with Crippen LogP contribution in [0, 0.1) is 5.82 Å². The zero-order valence-corrected chi connectivity index (χ0v) is 13.7. The smallest absolute Gasteiger partial charge is 0.294 e. The molecule has 0 spiro atoms. The number of amides is 1. The van der Waals surface area contributed by atoms with Gasteiger partial charge in [0.2, 0.25) is 0 Å². The number of ether oxygens (including phenoxy) is 1. The highest BCUT2D eigenvalue weighted by Crippen LogP contribution is 2.41. The van der Waals surface area contributed by atoms with Gasteiger partial charge in [0.1, 0.15) is 11.6 Å². The maximum Gasteiger partial charge on any atom is 0.294 e. The van der Waals surface area contributed by atoms with Crippen LogP contribution in [-0.2, 0) is 9.59 Å². The van der Waals surface area contributed by atoms with E-state index >= 15 is 0 Å². The van der Waals surface area contributed by atoms with Crippen LogP contribution in [0.1, 0.15) is 18.5 Å². The van der Waals surface area contributed by atoms with Crippen LogP contribution >= 0.6 is 0 Å². The summed E-state index contributed by atoms with van der Waals surface area (Å²) in [5.41, 5.74) is 1.01. The third-order valence-electron chi connectivity index (χ3n) is 4.12. The van der Waals surface area contributed by atoms with Crippen molar-refractivity contribution in [3.05, 3.63) is 71.2 Å². The average molecular weight is 341 g/mol. The molecule has 0 aliphatic carbocycles. The maximum absolute atomic E-state index is 13.3. The number of anilines is 1. The Morgan fingerprint density at radius 1 is 1.12 bits per heavy atom. The maximum atomic E-state index is 13.3. The van der Waals surface area contributed by atoms with Gasteiger partial charge in [-0.1, -0.05) is 12.1 Å². The third kappa shape index (κ3) is 2.87. The molecule has 3 rings (SSSR count). The molecule has 0 fully saturated rings. The summed E-state index contributed by atoms with van der Waals surface area (Å²) in [5, 5.41) is 10.2. The van der Waals surface area contributed by atoms with Gasteiger partial charge in [-0.3, -0.25) is 14.5 Å². The Balaban J connectivity index is 2.13. The summed E-state index contributed by atoms with van der Waals surface area (Å²) in [6, 6.07) is 11.3. The van der Waals surface area contributed by atoms with E-state index in [-0.39, 0.29) is 5.57 Å². The Hall–Kier alpha value is -3.15. The molecule has 1 aliphatic rings. The number of carbonyl (C=O) groups is 2. The molecule has 0 saturated heterocycles. The van der Waals surface area contributed by atoms with E-state index in [1.54, 1.807) is 24.3 Å². The number of hydrogen-bond donors (Lipinski definition) is 1. The molecule has 1 N–H and O–H groups in total. The van der Waals surface area contributed by atoms with Crippen LogP contribution in [0.3, 0.4) is 0 Å². The first-order valence-electron chi connectivity index (χ1n) is 7.61. The normalized spacial score (nSPS) is 17.2. The van der Waals surface area contributed by atoms with Crippen LogP contribution in [-0.4, -0.2) is 23.9 Å². The standard InChI is InChI=1S/C19H16FNO4/c1-11(22)16-17(12-3-5-13(20)6-4-12)21(19(24)18(16)23)14-7-9-15(25-2)10-8-14/h3-10,17,23H,1-2H3. The van der Waals surface area contributed by atoms with Crippen LogP contribution < -0.4 is 9.64 Å². The zero-order chi connectivity index (χ0) is 18.1. The lowest BCUT2D eigenvalue weighted by atomic mass is 9.96. The second-order valence-electron chi connectivity index (χ2n) is 5.65. The molecule has 128 valence electrons. The van der Waals surface area contributed by atoms with E-state index in [0.29, 0.717) is 17.0 Å². The molecule has 1 amide bonds. The molecule has 25 heavy (non-hydrogen) atoms. The first-order chi connectivity index (χ1) is 11.9. The molecular weight excluding hydrogens is 325 g/mol. The topological polar surface area (TPSA) is 66.8 Å². The third-order valence-corrected chi connectivity index (χ3v) is 4.12. The molecule has 0 radical (unpaired) electrons. The summed E-state index contributed by atoms with van der Waals surface area (Å²) in [6.45, 7) is 1.28. The molecule has 1 atom stereocenters. The minimum Gasteiger partial charge on any atom is -0.503 e. The van der Waals surface area contributed by atoms with Crippen molar-refractivity contribution in [2.24, 2.45) is 0 Å². The lowest BCUT2D eigenvalue weighted by Gasteiger charge is -2.26. The van der Waals surface area contributed by atoms with E-state index < -0.39 is 29.3 Å². The number of nitrogens with zero attached hydrogens (tertiary/aromatic N) is 1. The fraction of sp³-hybridized carbons (Fsp3) is 0.158. The Kier molecular flexibility index (Phi) is 4.27. The van der Waals surface area contributed by atoms with E-state index in [9.17, 15) is 19.1 Å². The molecule has 0 aromatic heterocycles. The van der Waals surface area contributed by atoms with Crippen LogP contribution in [0.15, 0.2) is 59.9 Å². The second-order valence-corrected chi connectivity index (χ2v) is 5.65. The van der Waals surface area contributed by atoms with Gasteiger partial charge in [-0.25, -0.2) is 4.39 Å². The van der Waals surface area contributed by atoms with Crippen molar-refractivity contribution in [3.63, 3.8) is 0 Å². The number of benzene rings is 2. The average Bonchev–Trinajstić information content (AvgIpc) is 2.87. The molecule has 1 heterocycles. The van der Waals surface area contributed by atoms with Gasteiger partial charge < -0.3 is 9.84 Å². The quantitative estimate of drug-likeness (QED) is 0.926. The molecule has 5 nitrogen and oxygen atoms in total. The molecule has 1 aliphatic heterocycles. The van der Waals surface area contributed by atoms with E-state index in [2.05, 4.69) is 0 Å². The van der Waals surface area contributed by atoms with Gasteiger partial charge in [0, 0.05) is 5.69 Å². The Labute approximate surface area is 144 Å². The highest BCUT2D eigenvalue weighted by molar-refractivity contribution is 6.16. The predicted molar refractivity (Wildman–Crippen MR) is 90.0 cm³/mol. The lowest BCUT2D eigenvalue weighted by molar-refractivity contribution is -0.117. The summed E-state index contributed by atoms with van der Waals surface area (Å²) >= 11 is 0. The van der Waals surface area contributed by atoms with Gasteiger partial charge >= 0.3 is 0 Å². The van der Waals surface area contributed by atoms with Gasteiger partial charge in [-0.05, 0) is 48.9 Å². The molecule has 6 heteroatoms. The van der Waals surface area contributed by atoms with E-state index in [4.69, 9.17) is 4.74 Å². The number of rotatable bonds is 4. The van der Waals surface area contributed by atoms with Gasteiger partial charge in [0.15, 0.2) is 11.5 Å². The minimum absolute atomic E-state index is 0.00701. The van der Waals surface area contributed by atoms with Crippen molar-refractivity contribution < 1.29 is 23.8 Å². The van der Waals surface area contributed by atoms with Gasteiger partial charge in [-0.2, -0.15) is 0 Å².